The van der Waals surface area contributed by atoms with Crippen LogP contribution in [0.2, 0.25) is 0 Å². The molecule has 0 saturated heterocycles. The summed E-state index contributed by atoms with van der Waals surface area (Å²) in [7, 11) is 1.70. The Bertz CT molecular complexity index is 323. The first-order valence-corrected chi connectivity index (χ1v) is 5.61. The molecule has 1 aromatic heterocycles. The fourth-order valence-corrected chi connectivity index (χ4v) is 1.27. The molecule has 0 spiro atoms. The van der Waals surface area contributed by atoms with Crippen LogP contribution in [0, 0.1) is 0 Å². The summed E-state index contributed by atoms with van der Waals surface area (Å²) in [6.45, 7) is 6.72. The Labute approximate surface area is 96.4 Å². The molecule has 0 aliphatic carbocycles. The lowest BCUT2D eigenvalue weighted by molar-refractivity contribution is 0.0112. The number of nitrogens with zero attached hydrogens (tertiary/aromatic N) is 3. The highest BCUT2D eigenvalue weighted by Gasteiger charge is 2.17. The van der Waals surface area contributed by atoms with Crippen molar-refractivity contribution < 1.29 is 9.84 Å². The maximum absolute atomic E-state index is 9.58. The number of hydrogen-bond donors (Lipinski definition) is 1. The summed E-state index contributed by atoms with van der Waals surface area (Å²) in [5.74, 6) is 0. The third-order valence-electron chi connectivity index (χ3n) is 2.78. The Balaban J connectivity index is 2.53. The van der Waals surface area contributed by atoms with Gasteiger partial charge in [-0.25, -0.2) is 0 Å². The van der Waals surface area contributed by atoms with Crippen molar-refractivity contribution in [2.75, 3.05) is 7.11 Å². The van der Waals surface area contributed by atoms with Gasteiger partial charge < -0.3 is 9.84 Å². The molecular formula is C11H21N3O2. The Morgan fingerprint density at radius 1 is 1.56 bits per heavy atom. The molecule has 1 N–H and O–H groups in total. The molecule has 0 aromatic carbocycles. The number of aromatic nitrogens is 3. The zero-order valence-corrected chi connectivity index (χ0v) is 10.5. The standard InChI is InChI=1S/C11H21N3O2/c1-5-10(15)9-8-14(13-12-9)7-6-11(2,3)16-4/h8,10,15H,5-7H2,1-4H3. The van der Waals surface area contributed by atoms with E-state index in [9.17, 15) is 5.11 Å². The van der Waals surface area contributed by atoms with Crippen molar-refractivity contribution in [3.63, 3.8) is 0 Å². The van der Waals surface area contributed by atoms with Crippen LogP contribution in [0.15, 0.2) is 6.20 Å². The smallest absolute Gasteiger partial charge is 0.111 e. The predicted octanol–water partition coefficient (Wildman–Crippen LogP) is 1.54. The summed E-state index contributed by atoms with van der Waals surface area (Å²) >= 11 is 0. The van der Waals surface area contributed by atoms with Gasteiger partial charge in [-0.05, 0) is 26.7 Å². The zero-order valence-electron chi connectivity index (χ0n) is 10.5. The SMILES string of the molecule is CCC(O)c1cn(CCC(C)(C)OC)nn1. The molecule has 0 amide bonds. The van der Waals surface area contributed by atoms with E-state index in [0.717, 1.165) is 13.0 Å². The van der Waals surface area contributed by atoms with E-state index in [0.29, 0.717) is 12.1 Å². The lowest BCUT2D eigenvalue weighted by Gasteiger charge is -2.22. The quantitative estimate of drug-likeness (QED) is 0.800. The van der Waals surface area contributed by atoms with Crippen LogP contribution in [-0.4, -0.2) is 32.8 Å². The maximum atomic E-state index is 9.58. The molecular weight excluding hydrogens is 206 g/mol. The van der Waals surface area contributed by atoms with Crippen LogP contribution < -0.4 is 0 Å². The van der Waals surface area contributed by atoms with Crippen LogP contribution >= 0.6 is 0 Å². The topological polar surface area (TPSA) is 60.2 Å². The predicted molar refractivity (Wildman–Crippen MR) is 61.0 cm³/mol. The van der Waals surface area contributed by atoms with Crippen LogP contribution in [0.5, 0.6) is 0 Å². The molecule has 1 atom stereocenters. The van der Waals surface area contributed by atoms with E-state index < -0.39 is 6.10 Å². The molecule has 0 radical (unpaired) electrons. The third-order valence-corrected chi connectivity index (χ3v) is 2.78. The molecule has 0 aliphatic heterocycles. The molecule has 1 heterocycles. The van der Waals surface area contributed by atoms with Crippen molar-refractivity contribution >= 4 is 0 Å². The zero-order chi connectivity index (χ0) is 12.2. The van der Waals surface area contributed by atoms with Gasteiger partial charge in [-0.2, -0.15) is 0 Å². The summed E-state index contributed by atoms with van der Waals surface area (Å²) < 4.78 is 7.07. The highest BCUT2D eigenvalue weighted by molar-refractivity contribution is 4.96. The van der Waals surface area contributed by atoms with Crippen molar-refractivity contribution in [1.82, 2.24) is 15.0 Å². The highest BCUT2D eigenvalue weighted by atomic mass is 16.5. The summed E-state index contributed by atoms with van der Waals surface area (Å²) in [6, 6.07) is 0. The fraction of sp³-hybridized carbons (Fsp3) is 0.818. The summed E-state index contributed by atoms with van der Waals surface area (Å²) in [4.78, 5) is 0. The highest BCUT2D eigenvalue weighted by Crippen LogP contribution is 2.15. The van der Waals surface area contributed by atoms with Crippen LogP contribution in [-0.2, 0) is 11.3 Å². The van der Waals surface area contributed by atoms with Crippen LogP contribution in [0.25, 0.3) is 0 Å². The molecule has 16 heavy (non-hydrogen) atoms. The lowest BCUT2D eigenvalue weighted by Crippen LogP contribution is -2.24. The van der Waals surface area contributed by atoms with E-state index in [1.165, 1.54) is 0 Å². The molecule has 0 saturated carbocycles. The number of hydrogen-bond acceptors (Lipinski definition) is 4. The first-order valence-electron chi connectivity index (χ1n) is 5.61. The number of ether oxygens (including phenoxy) is 1. The fourth-order valence-electron chi connectivity index (χ4n) is 1.27. The van der Waals surface area contributed by atoms with Crippen molar-refractivity contribution in [3.05, 3.63) is 11.9 Å². The van der Waals surface area contributed by atoms with Gasteiger partial charge in [0.05, 0.1) is 17.9 Å². The number of aliphatic hydroxyl groups excluding tert-OH is 1. The molecule has 1 aromatic rings. The average molecular weight is 227 g/mol. The minimum atomic E-state index is -0.510. The molecule has 0 bridgehead atoms. The van der Waals surface area contributed by atoms with Crippen molar-refractivity contribution in [1.29, 1.82) is 0 Å². The monoisotopic (exact) mass is 227 g/mol. The second-order valence-electron chi connectivity index (χ2n) is 4.54. The van der Waals surface area contributed by atoms with E-state index in [2.05, 4.69) is 10.3 Å². The van der Waals surface area contributed by atoms with Crippen molar-refractivity contribution in [2.24, 2.45) is 0 Å². The summed E-state index contributed by atoms with van der Waals surface area (Å²) in [5, 5.41) is 17.5. The van der Waals surface area contributed by atoms with Gasteiger partial charge >= 0.3 is 0 Å². The maximum Gasteiger partial charge on any atom is 0.111 e. The number of aryl methyl sites for hydroxylation is 1. The van der Waals surface area contributed by atoms with E-state index in [-0.39, 0.29) is 5.60 Å². The van der Waals surface area contributed by atoms with E-state index in [1.807, 2.05) is 20.8 Å². The number of rotatable bonds is 6. The Morgan fingerprint density at radius 2 is 2.25 bits per heavy atom. The van der Waals surface area contributed by atoms with Gasteiger partial charge in [0.2, 0.25) is 0 Å². The van der Waals surface area contributed by atoms with Gasteiger partial charge in [0.1, 0.15) is 5.69 Å². The second kappa shape index (κ2) is 5.41. The molecule has 1 unspecified atom stereocenters. The first kappa shape index (κ1) is 13.1. The van der Waals surface area contributed by atoms with Crippen LogP contribution in [0.3, 0.4) is 0 Å². The molecule has 0 aliphatic rings. The van der Waals surface area contributed by atoms with E-state index in [1.54, 1.807) is 18.0 Å². The lowest BCUT2D eigenvalue weighted by atomic mass is 10.1. The van der Waals surface area contributed by atoms with Crippen LogP contribution in [0.1, 0.15) is 45.4 Å². The third kappa shape index (κ3) is 3.57. The van der Waals surface area contributed by atoms with Gasteiger partial charge in [0.25, 0.3) is 0 Å². The normalized spacial score (nSPS) is 14.1. The summed E-state index contributed by atoms with van der Waals surface area (Å²) in [5.41, 5.74) is 0.480. The molecule has 1 rings (SSSR count). The van der Waals surface area contributed by atoms with Gasteiger partial charge in [-0.3, -0.25) is 4.68 Å². The Kier molecular flexibility index (Phi) is 4.44. The van der Waals surface area contributed by atoms with E-state index >= 15 is 0 Å². The largest absolute Gasteiger partial charge is 0.387 e. The Hall–Kier alpha value is -0.940. The number of methoxy groups -OCH3 is 1. The van der Waals surface area contributed by atoms with Gasteiger partial charge in [-0.15, -0.1) is 5.10 Å². The minimum absolute atomic E-state index is 0.157. The minimum Gasteiger partial charge on any atom is -0.387 e. The summed E-state index contributed by atoms with van der Waals surface area (Å²) in [6.07, 6.45) is 2.79. The second-order valence-corrected chi connectivity index (χ2v) is 4.54. The number of aliphatic hydroxyl groups is 1. The first-order chi connectivity index (χ1) is 7.48. The average Bonchev–Trinajstić information content (AvgIpc) is 2.74. The Morgan fingerprint density at radius 3 is 2.81 bits per heavy atom. The van der Waals surface area contributed by atoms with Gasteiger partial charge in [-0.1, -0.05) is 12.1 Å². The molecule has 92 valence electrons. The van der Waals surface area contributed by atoms with Crippen molar-refractivity contribution in [2.45, 2.75) is 51.9 Å². The van der Waals surface area contributed by atoms with Crippen molar-refractivity contribution in [3.8, 4) is 0 Å². The van der Waals surface area contributed by atoms with Crippen LogP contribution in [0.4, 0.5) is 0 Å². The van der Waals surface area contributed by atoms with E-state index in [4.69, 9.17) is 4.74 Å². The molecule has 5 nitrogen and oxygen atoms in total. The van der Waals surface area contributed by atoms with Gasteiger partial charge in [0.15, 0.2) is 0 Å². The van der Waals surface area contributed by atoms with Gasteiger partial charge in [0, 0.05) is 13.7 Å². The molecule has 0 fully saturated rings. The molecule has 5 heteroatoms.